The fourth-order valence-corrected chi connectivity index (χ4v) is 4.45. The minimum Gasteiger partial charge on any atom is -0.467 e. The molecular weight excluding hydrogens is 390 g/mol. The minimum atomic E-state index is 0.209. The number of hydrogen-bond acceptors (Lipinski definition) is 7. The average Bonchev–Trinajstić information content (AvgIpc) is 3.39. The van der Waals surface area contributed by atoms with Crippen molar-refractivity contribution in [3.05, 3.63) is 65.2 Å². The zero-order valence-electron chi connectivity index (χ0n) is 13.2. The predicted octanol–water partition coefficient (Wildman–Crippen LogP) is 4.72. The van der Waals surface area contributed by atoms with Crippen molar-refractivity contribution in [1.29, 1.82) is 5.26 Å². The van der Waals surface area contributed by atoms with Gasteiger partial charge >= 0.3 is 0 Å². The molecule has 1 aromatic carbocycles. The minimum absolute atomic E-state index is 0.209. The molecule has 0 saturated heterocycles. The van der Waals surface area contributed by atoms with Gasteiger partial charge in [-0.05, 0) is 35.4 Å². The lowest BCUT2D eigenvalue weighted by molar-refractivity contribution is 0.485. The molecule has 0 N–H and O–H groups in total. The maximum atomic E-state index is 9.29. The second-order valence-corrected chi connectivity index (χ2v) is 7.55. The molecule has 0 amide bonds. The molecule has 3 aromatic heterocycles. The van der Waals surface area contributed by atoms with Gasteiger partial charge in [0.25, 0.3) is 0 Å². The molecule has 0 aliphatic carbocycles. The van der Waals surface area contributed by atoms with Crippen LogP contribution < -0.4 is 0 Å². The van der Waals surface area contributed by atoms with Crippen LogP contribution in [-0.4, -0.2) is 19.1 Å². The molecule has 0 atom stereocenters. The Balaban J connectivity index is 1.77. The van der Waals surface area contributed by atoms with Crippen molar-refractivity contribution in [1.82, 2.24) is 19.1 Å². The first-order chi connectivity index (χ1) is 12.8. The van der Waals surface area contributed by atoms with E-state index in [1.165, 1.54) is 23.3 Å². The van der Waals surface area contributed by atoms with Crippen LogP contribution in [0.25, 0.3) is 11.4 Å². The van der Waals surface area contributed by atoms with E-state index < -0.39 is 0 Å². The molecule has 128 valence electrons. The number of aromatic nitrogens is 4. The van der Waals surface area contributed by atoms with E-state index >= 15 is 0 Å². The fraction of sp³-hybridized carbons (Fsp3) is 0.0588. The number of benzene rings is 1. The van der Waals surface area contributed by atoms with Crippen molar-refractivity contribution < 1.29 is 4.42 Å². The highest BCUT2D eigenvalue weighted by atomic mass is 35.5. The second-order valence-electron chi connectivity index (χ2n) is 5.19. The number of rotatable bonds is 5. The molecule has 26 heavy (non-hydrogen) atoms. The van der Waals surface area contributed by atoms with E-state index in [1.807, 2.05) is 47.0 Å². The van der Waals surface area contributed by atoms with Crippen molar-refractivity contribution in [3.63, 3.8) is 0 Å². The van der Waals surface area contributed by atoms with Crippen LogP contribution in [-0.2, 0) is 6.54 Å². The van der Waals surface area contributed by atoms with Crippen LogP contribution in [0.15, 0.2) is 62.5 Å². The van der Waals surface area contributed by atoms with E-state index in [-0.39, 0.29) is 5.15 Å². The van der Waals surface area contributed by atoms with Crippen LogP contribution in [0.3, 0.4) is 0 Å². The zero-order chi connectivity index (χ0) is 17.9. The van der Waals surface area contributed by atoms with Gasteiger partial charge in [0.1, 0.15) is 21.6 Å². The largest absolute Gasteiger partial charge is 0.467 e. The van der Waals surface area contributed by atoms with Gasteiger partial charge in [0.2, 0.25) is 0 Å². The quantitative estimate of drug-likeness (QED) is 0.483. The number of nitriles is 1. The third kappa shape index (κ3) is 3.24. The summed E-state index contributed by atoms with van der Waals surface area (Å²) in [6.07, 6.45) is 1.63. The summed E-state index contributed by atoms with van der Waals surface area (Å²) in [5.41, 5.74) is 1.30. The summed E-state index contributed by atoms with van der Waals surface area (Å²) in [4.78, 5) is 0. The lowest BCUT2D eigenvalue weighted by atomic mass is 10.2. The smallest absolute Gasteiger partial charge is 0.197 e. The molecule has 0 radical (unpaired) electrons. The van der Waals surface area contributed by atoms with Gasteiger partial charge in [-0.25, -0.2) is 0 Å². The highest BCUT2D eigenvalue weighted by Gasteiger charge is 2.20. The predicted molar refractivity (Wildman–Crippen MR) is 99.2 cm³/mol. The van der Waals surface area contributed by atoms with Gasteiger partial charge < -0.3 is 4.42 Å². The summed E-state index contributed by atoms with van der Waals surface area (Å²) in [6, 6.07) is 15.6. The van der Waals surface area contributed by atoms with Gasteiger partial charge in [-0.3, -0.25) is 4.57 Å². The lowest BCUT2D eigenvalue weighted by Crippen LogP contribution is -2.03. The molecule has 3 heterocycles. The second kappa shape index (κ2) is 7.33. The molecule has 9 heteroatoms. The molecule has 4 aromatic rings. The normalized spacial score (nSPS) is 10.8. The Morgan fingerprint density at radius 3 is 2.77 bits per heavy atom. The third-order valence-electron chi connectivity index (χ3n) is 3.56. The maximum Gasteiger partial charge on any atom is 0.197 e. The van der Waals surface area contributed by atoms with Gasteiger partial charge in [-0.15, -0.1) is 10.2 Å². The summed E-state index contributed by atoms with van der Waals surface area (Å²) >= 11 is 8.46. The maximum absolute atomic E-state index is 9.29. The Hall–Kier alpha value is -2.60. The molecule has 4 rings (SSSR count). The molecular formula is C17H10ClN5OS2. The molecule has 0 fully saturated rings. The van der Waals surface area contributed by atoms with E-state index in [0.29, 0.717) is 21.5 Å². The summed E-state index contributed by atoms with van der Waals surface area (Å²) in [6.45, 7) is 0.473. The number of nitrogens with zero attached hydrogens (tertiary/aromatic N) is 5. The van der Waals surface area contributed by atoms with Gasteiger partial charge in [-0.2, -0.15) is 9.64 Å². The first-order valence-corrected chi connectivity index (χ1v) is 9.47. The van der Waals surface area contributed by atoms with Crippen molar-refractivity contribution >= 4 is 34.9 Å². The summed E-state index contributed by atoms with van der Waals surface area (Å²) in [5, 5.41) is 18.8. The highest BCUT2D eigenvalue weighted by Crippen LogP contribution is 2.37. The summed E-state index contributed by atoms with van der Waals surface area (Å²) in [7, 11) is 0. The van der Waals surface area contributed by atoms with Gasteiger partial charge in [0.05, 0.1) is 12.8 Å². The summed E-state index contributed by atoms with van der Waals surface area (Å²) < 4.78 is 12.2. The van der Waals surface area contributed by atoms with Crippen LogP contribution in [0, 0.1) is 11.3 Å². The first kappa shape index (κ1) is 16.8. The van der Waals surface area contributed by atoms with Crippen LogP contribution in [0.4, 0.5) is 0 Å². The van der Waals surface area contributed by atoms with Gasteiger partial charge in [-0.1, -0.05) is 41.9 Å². The van der Waals surface area contributed by atoms with E-state index in [4.69, 9.17) is 16.0 Å². The fourth-order valence-electron chi connectivity index (χ4n) is 2.37. The van der Waals surface area contributed by atoms with Crippen molar-refractivity contribution in [2.45, 2.75) is 15.9 Å². The molecule has 0 aliphatic heterocycles. The Morgan fingerprint density at radius 2 is 2.04 bits per heavy atom. The molecule has 0 saturated carbocycles. The Morgan fingerprint density at radius 1 is 1.19 bits per heavy atom. The van der Waals surface area contributed by atoms with Crippen LogP contribution in [0.2, 0.25) is 5.15 Å². The third-order valence-corrected chi connectivity index (χ3v) is 5.92. The van der Waals surface area contributed by atoms with Gasteiger partial charge in [0, 0.05) is 5.56 Å². The number of furan rings is 1. The molecule has 0 spiro atoms. The zero-order valence-corrected chi connectivity index (χ0v) is 15.6. The molecule has 6 nitrogen and oxygen atoms in total. The highest BCUT2D eigenvalue weighted by molar-refractivity contribution is 8.01. The summed E-state index contributed by atoms with van der Waals surface area (Å²) in [5.74, 6) is 1.50. The molecule has 0 bridgehead atoms. The van der Waals surface area contributed by atoms with E-state index in [1.54, 1.807) is 6.26 Å². The van der Waals surface area contributed by atoms with E-state index in [0.717, 1.165) is 17.1 Å². The molecule has 0 unspecified atom stereocenters. The van der Waals surface area contributed by atoms with Crippen LogP contribution in [0.5, 0.6) is 0 Å². The average molecular weight is 400 g/mol. The Kier molecular flexibility index (Phi) is 4.75. The Labute approximate surface area is 162 Å². The van der Waals surface area contributed by atoms with E-state index in [9.17, 15) is 5.26 Å². The topological polar surface area (TPSA) is 80.5 Å². The van der Waals surface area contributed by atoms with Gasteiger partial charge in [0.15, 0.2) is 16.1 Å². The van der Waals surface area contributed by atoms with E-state index in [2.05, 4.69) is 20.6 Å². The number of halogens is 1. The van der Waals surface area contributed by atoms with Crippen molar-refractivity contribution in [2.24, 2.45) is 0 Å². The van der Waals surface area contributed by atoms with Crippen LogP contribution >= 0.6 is 34.9 Å². The van der Waals surface area contributed by atoms with Crippen molar-refractivity contribution in [2.75, 3.05) is 0 Å². The number of hydrogen-bond donors (Lipinski definition) is 0. The Bertz CT molecular complexity index is 1070. The first-order valence-electron chi connectivity index (χ1n) is 7.50. The standard InChI is InChI=1S/C17H10ClN5OS2/c18-14-13(9-19)16(26-22-14)25-17-21-20-15(11-5-2-1-3-6-11)23(17)10-12-7-4-8-24-12/h1-8H,10H2. The SMILES string of the molecule is N#Cc1c(Cl)nsc1Sc1nnc(-c2ccccc2)n1Cc1ccco1. The monoisotopic (exact) mass is 399 g/mol. The molecule has 0 aliphatic rings. The van der Waals surface area contributed by atoms with Crippen LogP contribution in [0.1, 0.15) is 11.3 Å². The lowest BCUT2D eigenvalue weighted by Gasteiger charge is -2.08. The van der Waals surface area contributed by atoms with Crippen molar-refractivity contribution in [3.8, 4) is 17.5 Å².